The van der Waals surface area contributed by atoms with E-state index in [0.717, 1.165) is 23.9 Å². The Hall–Kier alpha value is -3.78. The van der Waals surface area contributed by atoms with Crippen LogP contribution in [0.25, 0.3) is 22.2 Å². The fourth-order valence-corrected chi connectivity index (χ4v) is 3.90. The second-order valence-corrected chi connectivity index (χ2v) is 8.34. The van der Waals surface area contributed by atoms with E-state index in [0.29, 0.717) is 41.1 Å². The molecule has 33 heavy (non-hydrogen) atoms. The molecule has 5 rings (SSSR count). The first-order valence-electron chi connectivity index (χ1n) is 10.7. The van der Waals surface area contributed by atoms with E-state index in [1.54, 1.807) is 24.8 Å². The number of hydrogen-bond donors (Lipinski definition) is 0. The first kappa shape index (κ1) is 21.1. The second kappa shape index (κ2) is 8.99. The van der Waals surface area contributed by atoms with Crippen LogP contribution in [-0.4, -0.2) is 57.4 Å². The number of halogens is 1. The Morgan fingerprint density at radius 3 is 2.61 bits per heavy atom. The van der Waals surface area contributed by atoms with Crippen molar-refractivity contribution in [2.24, 2.45) is 5.92 Å². The number of hydrogen-bond acceptors (Lipinski definition) is 7. The van der Waals surface area contributed by atoms with Crippen LogP contribution >= 0.6 is 0 Å². The van der Waals surface area contributed by atoms with Crippen molar-refractivity contribution >= 4 is 16.6 Å². The highest BCUT2D eigenvalue weighted by Crippen LogP contribution is 2.23. The number of Topliss-reactive ketones (excluding diaryl/α,β-unsaturated/α-hetero) is 1. The smallest absolute Gasteiger partial charge is 0.232 e. The summed E-state index contributed by atoms with van der Waals surface area (Å²) in [5, 5.41) is 1.74. The van der Waals surface area contributed by atoms with E-state index in [1.165, 1.54) is 24.3 Å². The lowest BCUT2D eigenvalue weighted by atomic mass is 10.0. The standard InChI is InChI=1S/C25H22FN5O2/c1-31-13-16(14-31)15-33-25-12-27-11-23(30-25)22-7-18-6-21(28-9-19(18)10-29-22)8-24(32)17-2-4-20(26)5-3-17/h2-7,9-12,16H,8,13-15H2,1H3. The Morgan fingerprint density at radius 2 is 1.82 bits per heavy atom. The van der Waals surface area contributed by atoms with Gasteiger partial charge in [-0.05, 0) is 48.8 Å². The average molecular weight is 443 g/mol. The summed E-state index contributed by atoms with van der Waals surface area (Å²) in [5.41, 5.74) is 2.35. The molecule has 1 aromatic carbocycles. The highest BCUT2D eigenvalue weighted by molar-refractivity contribution is 5.97. The van der Waals surface area contributed by atoms with Crippen LogP contribution in [0.5, 0.6) is 5.88 Å². The van der Waals surface area contributed by atoms with Gasteiger partial charge in [0, 0.05) is 48.0 Å². The Labute approximate surface area is 190 Å². The van der Waals surface area contributed by atoms with Gasteiger partial charge in [-0.2, -0.15) is 0 Å². The number of ether oxygens (including phenoxy) is 1. The van der Waals surface area contributed by atoms with E-state index in [2.05, 4.69) is 31.9 Å². The molecule has 0 saturated carbocycles. The maximum atomic E-state index is 13.1. The minimum absolute atomic E-state index is 0.121. The molecule has 4 heterocycles. The minimum Gasteiger partial charge on any atom is -0.476 e. The molecule has 1 aliphatic heterocycles. The van der Waals surface area contributed by atoms with Gasteiger partial charge in [0.15, 0.2) is 5.78 Å². The highest BCUT2D eigenvalue weighted by atomic mass is 19.1. The zero-order valence-corrected chi connectivity index (χ0v) is 18.1. The Balaban J connectivity index is 1.34. The van der Waals surface area contributed by atoms with Crippen molar-refractivity contribution in [1.82, 2.24) is 24.8 Å². The van der Waals surface area contributed by atoms with Gasteiger partial charge < -0.3 is 9.64 Å². The summed E-state index contributed by atoms with van der Waals surface area (Å²) in [5.74, 6) is 0.500. The van der Waals surface area contributed by atoms with Gasteiger partial charge in [0.2, 0.25) is 5.88 Å². The molecule has 166 valence electrons. The van der Waals surface area contributed by atoms with Crippen molar-refractivity contribution in [2.45, 2.75) is 6.42 Å². The molecule has 1 saturated heterocycles. The SMILES string of the molecule is CN1CC(COc2cncc(-c3cc4cc(CC(=O)c5ccc(F)cc5)ncc4cn3)n2)C1. The third-order valence-corrected chi connectivity index (χ3v) is 5.65. The number of pyridine rings is 2. The molecule has 0 spiro atoms. The van der Waals surface area contributed by atoms with Crippen molar-refractivity contribution in [3.8, 4) is 17.3 Å². The zero-order valence-electron chi connectivity index (χ0n) is 18.1. The molecule has 8 heteroatoms. The Kier molecular flexibility index (Phi) is 5.75. The van der Waals surface area contributed by atoms with Gasteiger partial charge in [0.1, 0.15) is 11.5 Å². The van der Waals surface area contributed by atoms with Crippen LogP contribution in [0.1, 0.15) is 16.1 Å². The fraction of sp³-hybridized carbons (Fsp3) is 0.240. The number of aromatic nitrogens is 4. The van der Waals surface area contributed by atoms with Crippen LogP contribution in [0.15, 0.2) is 61.2 Å². The quantitative estimate of drug-likeness (QED) is 0.404. The molecule has 0 radical (unpaired) electrons. The number of nitrogens with zero attached hydrogens (tertiary/aromatic N) is 5. The zero-order chi connectivity index (χ0) is 22.8. The summed E-state index contributed by atoms with van der Waals surface area (Å²) in [7, 11) is 2.09. The Morgan fingerprint density at radius 1 is 1.03 bits per heavy atom. The lowest BCUT2D eigenvalue weighted by Gasteiger charge is -2.35. The van der Waals surface area contributed by atoms with Gasteiger partial charge in [-0.25, -0.2) is 9.37 Å². The van der Waals surface area contributed by atoms with Crippen LogP contribution in [0.3, 0.4) is 0 Å². The maximum Gasteiger partial charge on any atom is 0.232 e. The summed E-state index contributed by atoms with van der Waals surface area (Å²) in [6.07, 6.45) is 6.80. The van der Waals surface area contributed by atoms with Gasteiger partial charge in [-0.1, -0.05) is 0 Å². The molecule has 0 bridgehead atoms. The number of fused-ring (bicyclic) bond motifs is 1. The van der Waals surface area contributed by atoms with Gasteiger partial charge in [0.25, 0.3) is 0 Å². The van der Waals surface area contributed by atoms with E-state index in [4.69, 9.17) is 4.74 Å². The van der Waals surface area contributed by atoms with E-state index in [1.807, 2.05) is 12.1 Å². The van der Waals surface area contributed by atoms with E-state index in [9.17, 15) is 9.18 Å². The summed E-state index contributed by atoms with van der Waals surface area (Å²) < 4.78 is 18.9. The molecule has 0 aliphatic carbocycles. The molecule has 7 nitrogen and oxygen atoms in total. The molecule has 4 aromatic rings. The number of likely N-dealkylation sites (tertiary alicyclic amines) is 1. The summed E-state index contributed by atoms with van der Waals surface area (Å²) >= 11 is 0. The first-order chi connectivity index (χ1) is 16.0. The summed E-state index contributed by atoms with van der Waals surface area (Å²) in [6.45, 7) is 2.67. The normalized spacial score (nSPS) is 14.2. The van der Waals surface area contributed by atoms with Crippen LogP contribution in [0.2, 0.25) is 0 Å². The largest absolute Gasteiger partial charge is 0.476 e. The van der Waals surface area contributed by atoms with Gasteiger partial charge >= 0.3 is 0 Å². The summed E-state index contributed by atoms with van der Waals surface area (Å²) in [4.78, 5) is 32.5. The number of ketones is 1. The third kappa shape index (κ3) is 4.85. The molecular formula is C25H22FN5O2. The lowest BCUT2D eigenvalue weighted by Crippen LogP contribution is -2.46. The van der Waals surface area contributed by atoms with E-state index < -0.39 is 0 Å². The third-order valence-electron chi connectivity index (χ3n) is 5.65. The van der Waals surface area contributed by atoms with Gasteiger partial charge in [0.05, 0.1) is 31.1 Å². The summed E-state index contributed by atoms with van der Waals surface area (Å²) in [6, 6.07) is 9.29. The van der Waals surface area contributed by atoms with Crippen molar-refractivity contribution < 1.29 is 13.9 Å². The molecule has 0 atom stereocenters. The van der Waals surface area contributed by atoms with Gasteiger partial charge in [-0.15, -0.1) is 0 Å². The predicted octanol–water partition coefficient (Wildman–Crippen LogP) is 3.59. The number of benzene rings is 1. The minimum atomic E-state index is -0.372. The fourth-order valence-electron chi connectivity index (χ4n) is 3.90. The van der Waals surface area contributed by atoms with Crippen LogP contribution in [0, 0.1) is 11.7 Å². The molecule has 0 N–H and O–H groups in total. The Bertz CT molecular complexity index is 1310. The van der Waals surface area contributed by atoms with Crippen molar-refractivity contribution in [3.05, 3.63) is 78.3 Å². The molecule has 3 aromatic heterocycles. The monoisotopic (exact) mass is 443 g/mol. The predicted molar refractivity (Wildman–Crippen MR) is 121 cm³/mol. The molecule has 1 fully saturated rings. The molecule has 0 amide bonds. The highest BCUT2D eigenvalue weighted by Gasteiger charge is 2.23. The number of carbonyl (C=O) groups is 1. The van der Waals surface area contributed by atoms with Gasteiger partial charge in [-0.3, -0.25) is 19.7 Å². The van der Waals surface area contributed by atoms with Crippen LogP contribution in [0.4, 0.5) is 4.39 Å². The second-order valence-electron chi connectivity index (χ2n) is 8.34. The maximum absolute atomic E-state index is 13.1. The average Bonchev–Trinajstić information content (AvgIpc) is 2.81. The van der Waals surface area contributed by atoms with E-state index in [-0.39, 0.29) is 18.0 Å². The topological polar surface area (TPSA) is 81.1 Å². The molecule has 0 unspecified atom stereocenters. The molecule has 1 aliphatic rings. The lowest BCUT2D eigenvalue weighted by molar-refractivity contribution is 0.0837. The number of rotatable bonds is 7. The van der Waals surface area contributed by atoms with Crippen molar-refractivity contribution in [2.75, 3.05) is 26.7 Å². The van der Waals surface area contributed by atoms with Crippen molar-refractivity contribution in [1.29, 1.82) is 0 Å². The number of carbonyl (C=O) groups excluding carboxylic acids is 1. The first-order valence-corrected chi connectivity index (χ1v) is 10.7. The molecular weight excluding hydrogens is 421 g/mol. The van der Waals surface area contributed by atoms with Crippen LogP contribution in [-0.2, 0) is 6.42 Å². The van der Waals surface area contributed by atoms with Crippen molar-refractivity contribution in [3.63, 3.8) is 0 Å². The van der Waals surface area contributed by atoms with E-state index >= 15 is 0 Å². The van der Waals surface area contributed by atoms with Crippen LogP contribution < -0.4 is 4.74 Å².